The molecule has 1 aromatic carbocycles. The summed E-state index contributed by atoms with van der Waals surface area (Å²) >= 11 is 1.79. The Morgan fingerprint density at radius 3 is 2.50 bits per heavy atom. The minimum absolute atomic E-state index is 0.0119. The molecule has 3 heterocycles. The van der Waals surface area contributed by atoms with Gasteiger partial charge < -0.3 is 4.90 Å². The summed E-state index contributed by atoms with van der Waals surface area (Å²) in [4.78, 5) is 24.7. The van der Waals surface area contributed by atoms with E-state index in [0.29, 0.717) is 17.7 Å². The molecule has 0 radical (unpaired) electrons. The molecule has 0 spiro atoms. The van der Waals surface area contributed by atoms with Gasteiger partial charge in [0.1, 0.15) is 5.01 Å². The standard InChI is InChI=1S/C22H32N4OS/c1-16-12-17(2)14-26(13-16)22(27)18(3)25-10-8-24(9-11-25)15-21-23-19-6-4-5-7-20(19)28-21/h4-7,16-18H,8-15H2,1-3H3. The first-order valence-electron chi connectivity index (χ1n) is 10.6. The van der Waals surface area contributed by atoms with Crippen molar-refractivity contribution in [3.63, 3.8) is 0 Å². The first-order valence-corrected chi connectivity index (χ1v) is 11.4. The van der Waals surface area contributed by atoms with Crippen molar-refractivity contribution >= 4 is 27.5 Å². The number of likely N-dealkylation sites (tertiary alicyclic amines) is 1. The van der Waals surface area contributed by atoms with Gasteiger partial charge in [0, 0.05) is 39.3 Å². The van der Waals surface area contributed by atoms with Crippen molar-refractivity contribution in [2.45, 2.75) is 39.8 Å². The van der Waals surface area contributed by atoms with Gasteiger partial charge in [-0.25, -0.2) is 4.98 Å². The van der Waals surface area contributed by atoms with E-state index in [9.17, 15) is 4.79 Å². The van der Waals surface area contributed by atoms with Crippen LogP contribution in [0.1, 0.15) is 32.2 Å². The number of amides is 1. The predicted molar refractivity (Wildman–Crippen MR) is 115 cm³/mol. The third kappa shape index (κ3) is 4.39. The monoisotopic (exact) mass is 400 g/mol. The lowest BCUT2D eigenvalue weighted by molar-refractivity contribution is -0.139. The van der Waals surface area contributed by atoms with E-state index in [0.717, 1.165) is 51.3 Å². The van der Waals surface area contributed by atoms with Crippen molar-refractivity contribution in [3.8, 4) is 0 Å². The summed E-state index contributed by atoms with van der Waals surface area (Å²) in [6.45, 7) is 13.3. The molecule has 3 unspecified atom stereocenters. The minimum atomic E-state index is -0.0119. The van der Waals surface area contributed by atoms with Crippen molar-refractivity contribution in [2.75, 3.05) is 39.3 Å². The molecule has 0 N–H and O–H groups in total. The Balaban J connectivity index is 1.30. The Labute approximate surface area is 172 Å². The van der Waals surface area contributed by atoms with Crippen LogP contribution < -0.4 is 0 Å². The molecule has 2 aliphatic heterocycles. The number of fused-ring (bicyclic) bond motifs is 1. The molecule has 4 rings (SSSR count). The predicted octanol–water partition coefficient (Wildman–Crippen LogP) is 3.31. The maximum atomic E-state index is 13.0. The minimum Gasteiger partial charge on any atom is -0.341 e. The number of aromatic nitrogens is 1. The van der Waals surface area contributed by atoms with Crippen molar-refractivity contribution in [2.24, 2.45) is 11.8 Å². The van der Waals surface area contributed by atoms with E-state index in [1.165, 1.54) is 16.1 Å². The number of hydrogen-bond acceptors (Lipinski definition) is 5. The molecule has 2 aliphatic rings. The fourth-order valence-electron chi connectivity index (χ4n) is 4.75. The lowest BCUT2D eigenvalue weighted by Gasteiger charge is -2.41. The highest BCUT2D eigenvalue weighted by molar-refractivity contribution is 7.18. The van der Waals surface area contributed by atoms with E-state index >= 15 is 0 Å². The van der Waals surface area contributed by atoms with Gasteiger partial charge >= 0.3 is 0 Å². The number of piperidine rings is 1. The molecule has 152 valence electrons. The molecular formula is C22H32N4OS. The first-order chi connectivity index (χ1) is 13.5. The highest BCUT2D eigenvalue weighted by Gasteiger charge is 2.32. The number of nitrogens with zero attached hydrogens (tertiary/aromatic N) is 4. The summed E-state index contributed by atoms with van der Waals surface area (Å²) < 4.78 is 1.26. The number of benzene rings is 1. The third-order valence-corrected chi connectivity index (χ3v) is 7.21. The van der Waals surface area contributed by atoms with Crippen LogP contribution in [-0.4, -0.2) is 70.9 Å². The van der Waals surface area contributed by atoms with Gasteiger partial charge in [-0.15, -0.1) is 11.3 Å². The number of piperazine rings is 1. The molecule has 0 bridgehead atoms. The summed E-state index contributed by atoms with van der Waals surface area (Å²) in [5.41, 5.74) is 1.10. The molecule has 2 saturated heterocycles. The van der Waals surface area contributed by atoms with Crippen molar-refractivity contribution < 1.29 is 4.79 Å². The van der Waals surface area contributed by atoms with Gasteiger partial charge in [-0.05, 0) is 37.3 Å². The van der Waals surface area contributed by atoms with Crippen LogP contribution in [0, 0.1) is 11.8 Å². The number of rotatable bonds is 4. The zero-order valence-corrected chi connectivity index (χ0v) is 18.1. The Morgan fingerprint density at radius 2 is 1.82 bits per heavy atom. The molecule has 0 saturated carbocycles. The summed E-state index contributed by atoms with van der Waals surface area (Å²) in [6, 6.07) is 8.34. The third-order valence-electron chi connectivity index (χ3n) is 6.19. The largest absolute Gasteiger partial charge is 0.341 e. The SMILES string of the molecule is CC1CC(C)CN(C(=O)C(C)N2CCN(Cc3nc4ccccc4s3)CC2)C1. The van der Waals surface area contributed by atoms with Gasteiger partial charge in [-0.2, -0.15) is 0 Å². The summed E-state index contributed by atoms with van der Waals surface area (Å²) in [6.07, 6.45) is 1.24. The normalized spacial score (nSPS) is 25.9. The second-order valence-electron chi connectivity index (χ2n) is 8.75. The Hall–Kier alpha value is -1.50. The Bertz CT molecular complexity index is 771. The topological polar surface area (TPSA) is 39.7 Å². The molecule has 1 aromatic heterocycles. The van der Waals surface area contributed by atoms with Gasteiger partial charge in [0.25, 0.3) is 0 Å². The fourth-order valence-corrected chi connectivity index (χ4v) is 5.76. The number of thiazole rings is 1. The van der Waals surface area contributed by atoms with Gasteiger partial charge in [0.15, 0.2) is 0 Å². The van der Waals surface area contributed by atoms with E-state index in [4.69, 9.17) is 4.98 Å². The van der Waals surface area contributed by atoms with Gasteiger partial charge in [-0.3, -0.25) is 14.6 Å². The van der Waals surface area contributed by atoms with Gasteiger partial charge in [0.2, 0.25) is 5.91 Å². The van der Waals surface area contributed by atoms with Crippen LogP contribution in [0.3, 0.4) is 0 Å². The van der Waals surface area contributed by atoms with E-state index in [-0.39, 0.29) is 6.04 Å². The maximum Gasteiger partial charge on any atom is 0.239 e. The molecular weight excluding hydrogens is 368 g/mol. The zero-order valence-electron chi connectivity index (χ0n) is 17.3. The van der Waals surface area contributed by atoms with E-state index in [2.05, 4.69) is 53.7 Å². The second-order valence-corrected chi connectivity index (χ2v) is 9.87. The summed E-state index contributed by atoms with van der Waals surface area (Å²) in [7, 11) is 0. The highest BCUT2D eigenvalue weighted by Crippen LogP contribution is 2.24. The quantitative estimate of drug-likeness (QED) is 0.789. The molecule has 5 nitrogen and oxygen atoms in total. The van der Waals surface area contributed by atoms with Crippen LogP contribution >= 0.6 is 11.3 Å². The average Bonchev–Trinajstić information content (AvgIpc) is 3.09. The van der Waals surface area contributed by atoms with Crippen LogP contribution in [0.25, 0.3) is 10.2 Å². The van der Waals surface area contributed by atoms with E-state index in [1.807, 2.05) is 6.07 Å². The molecule has 2 aromatic rings. The van der Waals surface area contributed by atoms with Gasteiger partial charge in [0.05, 0.1) is 22.8 Å². The second kappa shape index (κ2) is 8.47. The van der Waals surface area contributed by atoms with Gasteiger partial charge in [-0.1, -0.05) is 26.0 Å². The Morgan fingerprint density at radius 1 is 1.14 bits per heavy atom. The van der Waals surface area contributed by atoms with Crippen LogP contribution in [-0.2, 0) is 11.3 Å². The van der Waals surface area contributed by atoms with E-state index < -0.39 is 0 Å². The Kier molecular flexibility index (Phi) is 5.99. The number of carbonyl (C=O) groups excluding carboxylic acids is 1. The number of carbonyl (C=O) groups is 1. The fraction of sp³-hybridized carbons (Fsp3) is 0.636. The van der Waals surface area contributed by atoms with Crippen LogP contribution in [0.5, 0.6) is 0 Å². The summed E-state index contributed by atoms with van der Waals surface area (Å²) in [5, 5.41) is 1.19. The van der Waals surface area contributed by atoms with Crippen molar-refractivity contribution in [3.05, 3.63) is 29.3 Å². The maximum absolute atomic E-state index is 13.0. The first kappa shape index (κ1) is 19.8. The molecule has 1 amide bonds. The lowest BCUT2D eigenvalue weighted by Crippen LogP contribution is -2.56. The lowest BCUT2D eigenvalue weighted by atomic mass is 9.91. The van der Waals surface area contributed by atoms with Crippen LogP contribution in [0.2, 0.25) is 0 Å². The van der Waals surface area contributed by atoms with Crippen molar-refractivity contribution in [1.82, 2.24) is 19.7 Å². The molecule has 28 heavy (non-hydrogen) atoms. The number of para-hydroxylation sites is 1. The summed E-state index contributed by atoms with van der Waals surface area (Å²) in [5.74, 6) is 1.55. The zero-order chi connectivity index (χ0) is 19.7. The highest BCUT2D eigenvalue weighted by atomic mass is 32.1. The average molecular weight is 401 g/mol. The molecule has 3 atom stereocenters. The van der Waals surface area contributed by atoms with Crippen LogP contribution in [0.4, 0.5) is 0 Å². The molecule has 0 aliphatic carbocycles. The van der Waals surface area contributed by atoms with Crippen LogP contribution in [0.15, 0.2) is 24.3 Å². The molecule has 2 fully saturated rings. The molecule has 6 heteroatoms. The number of hydrogen-bond donors (Lipinski definition) is 0. The van der Waals surface area contributed by atoms with Crippen molar-refractivity contribution in [1.29, 1.82) is 0 Å². The van der Waals surface area contributed by atoms with E-state index in [1.54, 1.807) is 11.3 Å². The smallest absolute Gasteiger partial charge is 0.239 e.